The van der Waals surface area contributed by atoms with Crippen molar-refractivity contribution in [3.63, 3.8) is 0 Å². The van der Waals surface area contributed by atoms with E-state index in [4.69, 9.17) is 5.11 Å². The molecule has 1 aromatic heterocycles. The zero-order valence-corrected chi connectivity index (χ0v) is 9.70. The molecule has 0 fully saturated rings. The maximum Gasteiger partial charge on any atom is 0.137 e. The molecule has 0 aliphatic heterocycles. The van der Waals surface area contributed by atoms with Crippen molar-refractivity contribution in [2.24, 2.45) is 0 Å². The minimum atomic E-state index is 0.119. The normalized spacial score (nSPS) is 10.2. The van der Waals surface area contributed by atoms with Gasteiger partial charge in [0.1, 0.15) is 17.5 Å². The Morgan fingerprint density at radius 1 is 1.33 bits per heavy atom. The quantitative estimate of drug-likeness (QED) is 0.760. The monoisotopic (exact) mass is 210 g/mol. The summed E-state index contributed by atoms with van der Waals surface area (Å²) in [5, 5.41) is 11.9. The molecule has 0 unspecified atom stereocenters. The summed E-state index contributed by atoms with van der Waals surface area (Å²) in [5.74, 6) is 2.42. The highest BCUT2D eigenvalue weighted by molar-refractivity contribution is 5.57. The molecule has 0 spiro atoms. The number of hydrogen-bond donors (Lipinski definition) is 2. The zero-order valence-electron chi connectivity index (χ0n) is 9.70. The lowest BCUT2D eigenvalue weighted by Gasteiger charge is -2.20. The lowest BCUT2D eigenvalue weighted by Crippen LogP contribution is -2.24. The second kappa shape index (κ2) is 4.93. The fourth-order valence-corrected chi connectivity index (χ4v) is 1.48. The van der Waals surface area contributed by atoms with E-state index < -0.39 is 0 Å². The summed E-state index contributed by atoms with van der Waals surface area (Å²) in [6.45, 7) is 4.51. The van der Waals surface area contributed by atoms with Gasteiger partial charge in [0.05, 0.1) is 6.61 Å². The molecule has 15 heavy (non-hydrogen) atoms. The van der Waals surface area contributed by atoms with E-state index in [-0.39, 0.29) is 6.61 Å². The van der Waals surface area contributed by atoms with Crippen molar-refractivity contribution in [1.82, 2.24) is 9.97 Å². The molecule has 0 bridgehead atoms. The fraction of sp³-hybridized carbons (Fsp3) is 0.600. The summed E-state index contributed by atoms with van der Waals surface area (Å²) in [7, 11) is 3.75. The number of aryl methyl sites for hydroxylation is 1. The van der Waals surface area contributed by atoms with Crippen molar-refractivity contribution >= 4 is 11.6 Å². The van der Waals surface area contributed by atoms with Crippen molar-refractivity contribution in [2.75, 3.05) is 37.5 Å². The third-order valence-corrected chi connectivity index (χ3v) is 2.27. The van der Waals surface area contributed by atoms with Crippen LogP contribution in [0.25, 0.3) is 0 Å². The van der Waals surface area contributed by atoms with Gasteiger partial charge in [-0.05, 0) is 13.8 Å². The number of aromatic nitrogens is 2. The Morgan fingerprint density at radius 2 is 2.00 bits per heavy atom. The molecule has 0 atom stereocenters. The van der Waals surface area contributed by atoms with E-state index in [1.54, 1.807) is 0 Å². The smallest absolute Gasteiger partial charge is 0.137 e. The first-order valence-corrected chi connectivity index (χ1v) is 4.95. The molecule has 0 amide bonds. The molecule has 1 rings (SSSR count). The van der Waals surface area contributed by atoms with Crippen LogP contribution in [-0.4, -0.2) is 42.3 Å². The molecule has 5 nitrogen and oxygen atoms in total. The molecule has 5 heteroatoms. The van der Waals surface area contributed by atoms with Crippen molar-refractivity contribution < 1.29 is 5.11 Å². The first kappa shape index (κ1) is 11.7. The third-order valence-electron chi connectivity index (χ3n) is 2.27. The second-order valence-electron chi connectivity index (χ2n) is 3.46. The van der Waals surface area contributed by atoms with Gasteiger partial charge in [0.15, 0.2) is 0 Å². The van der Waals surface area contributed by atoms with E-state index in [0.29, 0.717) is 6.54 Å². The van der Waals surface area contributed by atoms with Crippen LogP contribution in [0.5, 0.6) is 0 Å². The number of aliphatic hydroxyl groups is 1. The topological polar surface area (TPSA) is 61.3 Å². The van der Waals surface area contributed by atoms with Gasteiger partial charge in [-0.15, -0.1) is 0 Å². The lowest BCUT2D eigenvalue weighted by molar-refractivity contribution is 0.303. The Kier molecular flexibility index (Phi) is 3.85. The minimum Gasteiger partial charge on any atom is -0.395 e. The predicted octanol–water partition coefficient (Wildman–Crippen LogP) is 0.564. The number of rotatable bonds is 4. The molecular weight excluding hydrogens is 192 g/mol. The average Bonchev–Trinajstić information content (AvgIpc) is 2.21. The number of anilines is 2. The summed E-state index contributed by atoms with van der Waals surface area (Å²) < 4.78 is 0. The summed E-state index contributed by atoms with van der Waals surface area (Å²) >= 11 is 0. The molecule has 2 N–H and O–H groups in total. The van der Waals surface area contributed by atoms with Gasteiger partial charge in [0.25, 0.3) is 0 Å². The Morgan fingerprint density at radius 3 is 2.53 bits per heavy atom. The van der Waals surface area contributed by atoms with Crippen molar-refractivity contribution in [2.45, 2.75) is 13.8 Å². The van der Waals surface area contributed by atoms with Crippen LogP contribution in [0, 0.1) is 13.8 Å². The second-order valence-corrected chi connectivity index (χ2v) is 3.46. The van der Waals surface area contributed by atoms with Crippen molar-refractivity contribution in [3.8, 4) is 0 Å². The Labute approximate surface area is 90.2 Å². The Bertz CT molecular complexity index is 340. The van der Waals surface area contributed by atoms with Crippen LogP contribution in [0.2, 0.25) is 0 Å². The van der Waals surface area contributed by atoms with Crippen LogP contribution in [0.15, 0.2) is 0 Å². The van der Waals surface area contributed by atoms with Gasteiger partial charge in [0, 0.05) is 26.2 Å². The first-order chi connectivity index (χ1) is 7.10. The van der Waals surface area contributed by atoms with Crippen LogP contribution in [0.4, 0.5) is 11.6 Å². The Hall–Kier alpha value is -1.36. The first-order valence-electron chi connectivity index (χ1n) is 4.95. The number of nitrogens with zero attached hydrogens (tertiary/aromatic N) is 3. The van der Waals surface area contributed by atoms with E-state index in [1.807, 2.05) is 32.8 Å². The number of aliphatic hydroxyl groups excluding tert-OH is 1. The maximum absolute atomic E-state index is 8.88. The number of nitrogens with one attached hydrogen (secondary N) is 1. The SMILES string of the molecule is CNc1nc(C)nc(N(C)CCO)c1C. The Balaban J connectivity index is 3.11. The fourth-order valence-electron chi connectivity index (χ4n) is 1.48. The largest absolute Gasteiger partial charge is 0.395 e. The van der Waals surface area contributed by atoms with Gasteiger partial charge in [0.2, 0.25) is 0 Å². The highest BCUT2D eigenvalue weighted by Crippen LogP contribution is 2.21. The van der Waals surface area contributed by atoms with Gasteiger partial charge in [-0.3, -0.25) is 0 Å². The van der Waals surface area contributed by atoms with Crippen LogP contribution in [0.1, 0.15) is 11.4 Å². The lowest BCUT2D eigenvalue weighted by atomic mass is 10.3. The molecule has 1 heterocycles. The van der Waals surface area contributed by atoms with E-state index in [0.717, 1.165) is 23.0 Å². The van der Waals surface area contributed by atoms with E-state index in [9.17, 15) is 0 Å². The van der Waals surface area contributed by atoms with Crippen LogP contribution in [-0.2, 0) is 0 Å². The van der Waals surface area contributed by atoms with Gasteiger partial charge in [-0.1, -0.05) is 0 Å². The van der Waals surface area contributed by atoms with Gasteiger partial charge in [-0.25, -0.2) is 9.97 Å². The number of hydrogen-bond acceptors (Lipinski definition) is 5. The molecule has 84 valence electrons. The van der Waals surface area contributed by atoms with Gasteiger partial charge >= 0.3 is 0 Å². The van der Waals surface area contributed by atoms with Crippen LogP contribution < -0.4 is 10.2 Å². The molecule has 1 aromatic rings. The predicted molar refractivity (Wildman–Crippen MR) is 61.4 cm³/mol. The van der Waals surface area contributed by atoms with E-state index in [2.05, 4.69) is 15.3 Å². The molecule has 0 saturated heterocycles. The standard InChI is InChI=1S/C10H18N4O/c1-7-9(11-3)12-8(2)13-10(7)14(4)5-6-15/h15H,5-6H2,1-4H3,(H,11,12,13). The van der Waals surface area contributed by atoms with E-state index >= 15 is 0 Å². The highest BCUT2D eigenvalue weighted by atomic mass is 16.3. The van der Waals surface area contributed by atoms with Crippen LogP contribution >= 0.6 is 0 Å². The molecule has 0 aliphatic rings. The summed E-state index contributed by atoms with van der Waals surface area (Å²) in [4.78, 5) is 10.6. The molecule has 0 aromatic carbocycles. The maximum atomic E-state index is 8.88. The molecule has 0 radical (unpaired) electrons. The van der Waals surface area contributed by atoms with Gasteiger partial charge in [-0.2, -0.15) is 0 Å². The molecular formula is C10H18N4O. The molecule has 0 saturated carbocycles. The van der Waals surface area contributed by atoms with E-state index in [1.165, 1.54) is 0 Å². The van der Waals surface area contributed by atoms with Crippen molar-refractivity contribution in [1.29, 1.82) is 0 Å². The zero-order chi connectivity index (χ0) is 11.4. The van der Waals surface area contributed by atoms with Gasteiger partial charge < -0.3 is 15.3 Å². The van der Waals surface area contributed by atoms with Crippen LogP contribution in [0.3, 0.4) is 0 Å². The minimum absolute atomic E-state index is 0.119. The number of likely N-dealkylation sites (N-methyl/N-ethyl adjacent to an activating group) is 1. The molecule has 0 aliphatic carbocycles. The average molecular weight is 210 g/mol. The van der Waals surface area contributed by atoms with Crippen molar-refractivity contribution in [3.05, 3.63) is 11.4 Å². The third kappa shape index (κ3) is 2.56. The summed E-state index contributed by atoms with van der Waals surface area (Å²) in [6, 6.07) is 0. The highest BCUT2D eigenvalue weighted by Gasteiger charge is 2.11. The summed E-state index contributed by atoms with van der Waals surface area (Å²) in [6.07, 6.45) is 0. The summed E-state index contributed by atoms with van der Waals surface area (Å²) in [5.41, 5.74) is 0.999.